The molecule has 1 heteroatoms. The van der Waals surface area contributed by atoms with Gasteiger partial charge in [-0.05, 0) is 22.8 Å². The molecular formula is C20H15N. The lowest BCUT2D eigenvalue weighted by atomic mass is 9.91. The van der Waals surface area contributed by atoms with Crippen LogP contribution in [-0.2, 0) is 0 Å². The molecule has 0 aliphatic carbocycles. The van der Waals surface area contributed by atoms with E-state index in [1.54, 1.807) is 0 Å². The molecule has 0 aliphatic rings. The second kappa shape index (κ2) is 5.56. The van der Waals surface area contributed by atoms with Gasteiger partial charge in [0.25, 0.3) is 0 Å². The van der Waals surface area contributed by atoms with Crippen molar-refractivity contribution in [2.45, 2.75) is 0 Å². The van der Waals surface area contributed by atoms with Crippen molar-refractivity contribution in [2.24, 2.45) is 0 Å². The van der Waals surface area contributed by atoms with E-state index in [2.05, 4.69) is 30.2 Å². The summed E-state index contributed by atoms with van der Waals surface area (Å²) in [6, 6.07) is 24.3. The van der Waals surface area contributed by atoms with Crippen molar-refractivity contribution in [3.63, 3.8) is 0 Å². The summed E-state index contributed by atoms with van der Waals surface area (Å²) in [6.45, 7) is 0. The predicted molar refractivity (Wildman–Crippen MR) is 89.7 cm³/mol. The van der Waals surface area contributed by atoms with Crippen molar-refractivity contribution in [1.29, 1.82) is 0 Å². The van der Waals surface area contributed by atoms with Gasteiger partial charge in [0.05, 0.1) is 5.69 Å². The normalized spacial score (nSPS) is 10.0. The predicted octanol–water partition coefficient (Wildman–Crippen LogP) is 4.58. The molecule has 0 spiro atoms. The third-order valence-corrected chi connectivity index (χ3v) is 3.55. The minimum absolute atomic E-state index is 0.657. The molecule has 0 aromatic heterocycles. The molecule has 0 heterocycles. The van der Waals surface area contributed by atoms with Crippen LogP contribution in [0.15, 0.2) is 72.8 Å². The van der Waals surface area contributed by atoms with Crippen LogP contribution in [0.2, 0.25) is 0 Å². The molecular weight excluding hydrogens is 254 g/mol. The summed E-state index contributed by atoms with van der Waals surface area (Å²) in [6.07, 6.45) is 5.56. The Bertz CT molecular complexity index is 796. The van der Waals surface area contributed by atoms with Crippen molar-refractivity contribution in [3.8, 4) is 34.6 Å². The van der Waals surface area contributed by atoms with Crippen LogP contribution in [0, 0.1) is 12.3 Å². The van der Waals surface area contributed by atoms with Crippen LogP contribution in [0.4, 0.5) is 5.69 Å². The molecule has 2 N–H and O–H groups in total. The van der Waals surface area contributed by atoms with Crippen LogP contribution in [0.1, 0.15) is 5.56 Å². The number of nitrogens with two attached hydrogens (primary N) is 1. The van der Waals surface area contributed by atoms with E-state index in [1.165, 1.54) is 0 Å². The van der Waals surface area contributed by atoms with Gasteiger partial charge in [-0.3, -0.25) is 0 Å². The molecule has 0 atom stereocenters. The van der Waals surface area contributed by atoms with Gasteiger partial charge in [-0.25, -0.2) is 0 Å². The Morgan fingerprint density at radius 1 is 0.714 bits per heavy atom. The Morgan fingerprint density at radius 2 is 1.29 bits per heavy atom. The molecule has 3 rings (SSSR count). The lowest BCUT2D eigenvalue weighted by molar-refractivity contribution is 1.55. The topological polar surface area (TPSA) is 26.0 Å². The Hall–Kier alpha value is -2.98. The van der Waals surface area contributed by atoms with E-state index in [1.807, 2.05) is 48.5 Å². The first-order chi connectivity index (χ1) is 10.3. The highest BCUT2D eigenvalue weighted by atomic mass is 14.6. The lowest BCUT2D eigenvalue weighted by Crippen LogP contribution is -1.97. The number of hydrogen-bond acceptors (Lipinski definition) is 1. The zero-order chi connectivity index (χ0) is 14.7. The summed E-state index contributed by atoms with van der Waals surface area (Å²) >= 11 is 0. The third kappa shape index (κ3) is 2.40. The van der Waals surface area contributed by atoms with Crippen LogP contribution in [0.5, 0.6) is 0 Å². The van der Waals surface area contributed by atoms with E-state index in [0.717, 1.165) is 27.8 Å². The smallest absolute Gasteiger partial charge is 0.0559 e. The third-order valence-electron chi connectivity index (χ3n) is 3.55. The average Bonchev–Trinajstić information content (AvgIpc) is 2.56. The van der Waals surface area contributed by atoms with Crippen LogP contribution < -0.4 is 5.73 Å². The van der Waals surface area contributed by atoms with Crippen molar-refractivity contribution in [2.75, 3.05) is 5.73 Å². The average molecular weight is 269 g/mol. The monoisotopic (exact) mass is 269 g/mol. The fraction of sp³-hybridized carbons (Fsp3) is 0. The zero-order valence-electron chi connectivity index (χ0n) is 11.6. The SMILES string of the molecule is C#Cc1ccc(-c2ccccc2)c(-c2ccccc2)c1N. The quantitative estimate of drug-likeness (QED) is 0.534. The Labute approximate surface area is 125 Å². The van der Waals surface area contributed by atoms with Crippen LogP contribution in [-0.4, -0.2) is 0 Å². The molecule has 3 aromatic rings. The van der Waals surface area contributed by atoms with Gasteiger partial charge in [-0.1, -0.05) is 72.7 Å². The molecule has 0 aliphatic heterocycles. The maximum absolute atomic E-state index is 6.32. The lowest BCUT2D eigenvalue weighted by Gasteiger charge is -2.14. The van der Waals surface area contributed by atoms with E-state index in [0.29, 0.717) is 5.69 Å². The molecule has 1 nitrogen and oxygen atoms in total. The fourth-order valence-corrected chi connectivity index (χ4v) is 2.52. The van der Waals surface area contributed by atoms with Crippen molar-refractivity contribution < 1.29 is 0 Å². The minimum atomic E-state index is 0.657. The van der Waals surface area contributed by atoms with Crippen LogP contribution in [0.25, 0.3) is 22.3 Å². The number of anilines is 1. The molecule has 3 aromatic carbocycles. The van der Waals surface area contributed by atoms with Gasteiger partial charge in [0, 0.05) is 11.1 Å². The number of nitrogen functional groups attached to an aromatic ring is 1. The molecule has 0 amide bonds. The summed E-state index contributed by atoms with van der Waals surface area (Å²) in [5.41, 5.74) is 12.0. The second-order valence-corrected chi connectivity index (χ2v) is 4.83. The summed E-state index contributed by atoms with van der Waals surface area (Å²) < 4.78 is 0. The first kappa shape index (κ1) is 13.0. The highest BCUT2D eigenvalue weighted by molar-refractivity contribution is 5.93. The molecule has 100 valence electrons. The highest BCUT2D eigenvalue weighted by Gasteiger charge is 2.13. The van der Waals surface area contributed by atoms with Gasteiger partial charge >= 0.3 is 0 Å². The molecule has 0 radical (unpaired) electrons. The number of terminal acetylenes is 1. The molecule has 21 heavy (non-hydrogen) atoms. The number of rotatable bonds is 2. The number of benzene rings is 3. The van der Waals surface area contributed by atoms with Crippen LogP contribution >= 0.6 is 0 Å². The largest absolute Gasteiger partial charge is 0.397 e. The summed E-state index contributed by atoms with van der Waals surface area (Å²) in [5, 5.41) is 0. The van der Waals surface area contributed by atoms with Gasteiger partial charge in [0.1, 0.15) is 0 Å². The van der Waals surface area contributed by atoms with Crippen molar-refractivity contribution in [3.05, 3.63) is 78.4 Å². The Kier molecular flexibility index (Phi) is 3.45. The number of hydrogen-bond donors (Lipinski definition) is 1. The van der Waals surface area contributed by atoms with Gasteiger partial charge in [-0.15, -0.1) is 6.42 Å². The molecule has 0 saturated heterocycles. The highest BCUT2D eigenvalue weighted by Crippen LogP contribution is 2.38. The molecule has 0 unspecified atom stereocenters. The first-order valence-corrected chi connectivity index (χ1v) is 6.81. The minimum Gasteiger partial charge on any atom is -0.397 e. The Balaban J connectivity index is 2.32. The Morgan fingerprint density at radius 3 is 1.86 bits per heavy atom. The van der Waals surface area contributed by atoms with E-state index < -0.39 is 0 Å². The van der Waals surface area contributed by atoms with Gasteiger partial charge in [-0.2, -0.15) is 0 Å². The molecule has 0 fully saturated rings. The van der Waals surface area contributed by atoms with E-state index in [-0.39, 0.29) is 0 Å². The van der Waals surface area contributed by atoms with E-state index >= 15 is 0 Å². The summed E-state index contributed by atoms with van der Waals surface area (Å²) in [4.78, 5) is 0. The molecule has 0 bridgehead atoms. The van der Waals surface area contributed by atoms with Gasteiger partial charge < -0.3 is 5.73 Å². The van der Waals surface area contributed by atoms with Crippen molar-refractivity contribution in [1.82, 2.24) is 0 Å². The van der Waals surface area contributed by atoms with Crippen molar-refractivity contribution >= 4 is 5.69 Å². The fourth-order valence-electron chi connectivity index (χ4n) is 2.52. The first-order valence-electron chi connectivity index (χ1n) is 6.81. The van der Waals surface area contributed by atoms with E-state index in [9.17, 15) is 0 Å². The summed E-state index contributed by atoms with van der Waals surface area (Å²) in [7, 11) is 0. The maximum atomic E-state index is 6.32. The summed E-state index contributed by atoms with van der Waals surface area (Å²) in [5.74, 6) is 2.66. The van der Waals surface area contributed by atoms with Gasteiger partial charge in [0.2, 0.25) is 0 Å². The standard InChI is InChI=1S/C20H15N/c1-2-15-13-14-18(16-9-5-3-6-10-16)19(20(15)21)17-11-7-4-8-12-17/h1,3-14H,21H2. The molecule has 0 saturated carbocycles. The van der Waals surface area contributed by atoms with Crippen LogP contribution in [0.3, 0.4) is 0 Å². The maximum Gasteiger partial charge on any atom is 0.0559 e. The van der Waals surface area contributed by atoms with E-state index in [4.69, 9.17) is 12.2 Å². The second-order valence-electron chi connectivity index (χ2n) is 4.83. The van der Waals surface area contributed by atoms with Gasteiger partial charge in [0.15, 0.2) is 0 Å². The zero-order valence-corrected chi connectivity index (χ0v) is 11.6.